The van der Waals surface area contributed by atoms with Crippen LogP contribution in [0.5, 0.6) is 0 Å². The molecular weight excluding hydrogens is 190 g/mol. The molecule has 0 fully saturated rings. The molecule has 0 bridgehead atoms. The highest BCUT2D eigenvalue weighted by Gasteiger charge is 2.14. The molecule has 0 unspecified atom stereocenters. The second-order valence-corrected chi connectivity index (χ2v) is 3.18. The third kappa shape index (κ3) is 2.52. The van der Waals surface area contributed by atoms with E-state index < -0.39 is 23.5 Å². The summed E-state index contributed by atoms with van der Waals surface area (Å²) >= 11 is 0. The maximum Gasteiger partial charge on any atom is 0.306 e. The zero-order valence-electron chi connectivity index (χ0n) is 7.63. The maximum atomic E-state index is 13.0. The molecule has 0 aromatic heterocycles. The van der Waals surface area contributed by atoms with E-state index in [4.69, 9.17) is 5.11 Å². The molecule has 1 atom stereocenters. The molecule has 76 valence electrons. The van der Waals surface area contributed by atoms with Crippen LogP contribution in [-0.2, 0) is 11.2 Å². The van der Waals surface area contributed by atoms with Gasteiger partial charge in [-0.3, -0.25) is 4.79 Å². The minimum atomic E-state index is -0.992. The van der Waals surface area contributed by atoms with E-state index in [1.807, 2.05) is 0 Å². The lowest BCUT2D eigenvalue weighted by Gasteiger charge is -2.06. The summed E-state index contributed by atoms with van der Waals surface area (Å²) in [5, 5.41) is 8.59. The number of halogens is 2. The normalized spacial score (nSPS) is 12.5. The first kappa shape index (κ1) is 10.6. The van der Waals surface area contributed by atoms with Gasteiger partial charge >= 0.3 is 5.97 Å². The Labute approximate surface area is 80.2 Å². The van der Waals surface area contributed by atoms with Crippen LogP contribution in [0, 0.1) is 17.6 Å². The van der Waals surface area contributed by atoms with Crippen LogP contribution in [0.25, 0.3) is 0 Å². The Morgan fingerprint density at radius 1 is 1.50 bits per heavy atom. The van der Waals surface area contributed by atoms with Crippen LogP contribution in [0.3, 0.4) is 0 Å². The highest BCUT2D eigenvalue weighted by Crippen LogP contribution is 2.14. The quantitative estimate of drug-likeness (QED) is 0.812. The fourth-order valence-electron chi connectivity index (χ4n) is 1.10. The molecule has 0 saturated carbocycles. The molecular formula is C10H10F2O2. The van der Waals surface area contributed by atoms with Crippen molar-refractivity contribution in [1.82, 2.24) is 0 Å². The van der Waals surface area contributed by atoms with Crippen LogP contribution in [0.15, 0.2) is 18.2 Å². The average Bonchev–Trinajstić information content (AvgIpc) is 2.09. The minimum Gasteiger partial charge on any atom is -0.481 e. The van der Waals surface area contributed by atoms with E-state index in [-0.39, 0.29) is 12.0 Å². The van der Waals surface area contributed by atoms with Crippen LogP contribution < -0.4 is 0 Å². The molecule has 0 aliphatic carbocycles. The molecule has 2 nitrogen and oxygen atoms in total. The number of benzene rings is 1. The van der Waals surface area contributed by atoms with Gasteiger partial charge in [0.05, 0.1) is 5.92 Å². The van der Waals surface area contributed by atoms with E-state index in [0.717, 1.165) is 12.1 Å². The van der Waals surface area contributed by atoms with E-state index in [1.165, 1.54) is 13.0 Å². The van der Waals surface area contributed by atoms with Crippen LogP contribution in [0.4, 0.5) is 8.78 Å². The Morgan fingerprint density at radius 2 is 2.14 bits per heavy atom. The molecule has 1 aromatic carbocycles. The summed E-state index contributed by atoms with van der Waals surface area (Å²) in [5.74, 6) is -3.02. The standard InChI is InChI=1S/C10H10F2O2/c1-6(10(13)14)4-7-2-3-8(11)5-9(7)12/h2-3,5-6H,4H2,1H3,(H,13,14)/t6-/m1/s1. The lowest BCUT2D eigenvalue weighted by Crippen LogP contribution is -2.13. The van der Waals surface area contributed by atoms with Gasteiger partial charge in [0, 0.05) is 6.07 Å². The Hall–Kier alpha value is -1.45. The zero-order valence-corrected chi connectivity index (χ0v) is 7.63. The number of carbonyl (C=O) groups is 1. The predicted molar refractivity (Wildman–Crippen MR) is 46.9 cm³/mol. The van der Waals surface area contributed by atoms with E-state index in [1.54, 1.807) is 0 Å². The third-order valence-electron chi connectivity index (χ3n) is 1.96. The number of hydrogen-bond acceptors (Lipinski definition) is 1. The molecule has 0 saturated heterocycles. The van der Waals surface area contributed by atoms with Gasteiger partial charge in [0.25, 0.3) is 0 Å². The van der Waals surface area contributed by atoms with Gasteiger partial charge in [-0.2, -0.15) is 0 Å². The molecule has 0 aliphatic rings. The first-order valence-electron chi connectivity index (χ1n) is 4.17. The Bertz CT molecular complexity index is 350. The molecule has 1 aromatic rings. The van der Waals surface area contributed by atoms with Crippen molar-refractivity contribution in [3.8, 4) is 0 Å². The third-order valence-corrected chi connectivity index (χ3v) is 1.96. The summed E-state index contributed by atoms with van der Waals surface area (Å²) in [5.41, 5.74) is 0.223. The Kier molecular flexibility index (Phi) is 3.17. The lowest BCUT2D eigenvalue weighted by atomic mass is 10.0. The van der Waals surface area contributed by atoms with Crippen molar-refractivity contribution in [2.24, 2.45) is 5.92 Å². The number of carboxylic acids is 1. The molecule has 1 rings (SSSR count). The van der Waals surface area contributed by atoms with E-state index in [2.05, 4.69) is 0 Å². The van der Waals surface area contributed by atoms with Crippen LogP contribution in [0.1, 0.15) is 12.5 Å². The Morgan fingerprint density at radius 3 is 2.64 bits per heavy atom. The van der Waals surface area contributed by atoms with Gasteiger partial charge in [0.15, 0.2) is 0 Å². The summed E-state index contributed by atoms with van der Waals surface area (Å²) < 4.78 is 25.5. The number of hydrogen-bond donors (Lipinski definition) is 1. The van der Waals surface area contributed by atoms with Gasteiger partial charge < -0.3 is 5.11 Å². The number of rotatable bonds is 3. The van der Waals surface area contributed by atoms with Gasteiger partial charge in [0.1, 0.15) is 11.6 Å². The summed E-state index contributed by atoms with van der Waals surface area (Å²) in [7, 11) is 0. The first-order valence-corrected chi connectivity index (χ1v) is 4.17. The summed E-state index contributed by atoms with van der Waals surface area (Å²) in [4.78, 5) is 10.5. The van der Waals surface area contributed by atoms with E-state index >= 15 is 0 Å². The van der Waals surface area contributed by atoms with Crippen molar-refractivity contribution in [1.29, 1.82) is 0 Å². The van der Waals surface area contributed by atoms with Crippen molar-refractivity contribution < 1.29 is 18.7 Å². The molecule has 1 N–H and O–H groups in total. The van der Waals surface area contributed by atoms with Crippen molar-refractivity contribution >= 4 is 5.97 Å². The minimum absolute atomic E-state index is 0.0709. The SMILES string of the molecule is C[C@H](Cc1ccc(F)cc1F)C(=O)O. The Balaban J connectivity index is 2.82. The van der Waals surface area contributed by atoms with Crippen LogP contribution in [-0.4, -0.2) is 11.1 Å². The topological polar surface area (TPSA) is 37.3 Å². The predicted octanol–water partition coefficient (Wildman–Crippen LogP) is 2.23. The fourth-order valence-corrected chi connectivity index (χ4v) is 1.10. The number of carboxylic acid groups (broad SMARTS) is 1. The molecule has 0 aliphatic heterocycles. The molecule has 0 heterocycles. The van der Waals surface area contributed by atoms with Crippen molar-refractivity contribution in [2.75, 3.05) is 0 Å². The summed E-state index contributed by atoms with van der Waals surface area (Å²) in [6.07, 6.45) is 0.0709. The smallest absolute Gasteiger partial charge is 0.306 e. The number of aliphatic carboxylic acids is 1. The summed E-state index contributed by atoms with van der Waals surface area (Å²) in [6, 6.07) is 3.14. The van der Waals surface area contributed by atoms with Crippen molar-refractivity contribution in [3.05, 3.63) is 35.4 Å². The highest BCUT2D eigenvalue weighted by atomic mass is 19.1. The largest absolute Gasteiger partial charge is 0.481 e. The van der Waals surface area contributed by atoms with Gasteiger partial charge in [-0.05, 0) is 18.1 Å². The van der Waals surface area contributed by atoms with Crippen molar-refractivity contribution in [3.63, 3.8) is 0 Å². The lowest BCUT2D eigenvalue weighted by molar-refractivity contribution is -0.141. The molecule has 4 heteroatoms. The van der Waals surface area contributed by atoms with Gasteiger partial charge in [-0.25, -0.2) is 8.78 Å². The van der Waals surface area contributed by atoms with Gasteiger partial charge in [-0.1, -0.05) is 13.0 Å². The second-order valence-electron chi connectivity index (χ2n) is 3.18. The van der Waals surface area contributed by atoms with Crippen molar-refractivity contribution in [2.45, 2.75) is 13.3 Å². The van der Waals surface area contributed by atoms with Gasteiger partial charge in [0.2, 0.25) is 0 Å². The van der Waals surface area contributed by atoms with E-state index in [0.29, 0.717) is 0 Å². The molecule has 0 radical (unpaired) electrons. The maximum absolute atomic E-state index is 13.0. The highest BCUT2D eigenvalue weighted by molar-refractivity contribution is 5.69. The molecule has 14 heavy (non-hydrogen) atoms. The molecule has 0 amide bonds. The zero-order chi connectivity index (χ0) is 10.7. The summed E-state index contributed by atoms with van der Waals surface area (Å²) in [6.45, 7) is 1.48. The monoisotopic (exact) mass is 200 g/mol. The average molecular weight is 200 g/mol. The van der Waals surface area contributed by atoms with E-state index in [9.17, 15) is 13.6 Å². The van der Waals surface area contributed by atoms with Crippen LogP contribution in [0.2, 0.25) is 0 Å². The first-order chi connectivity index (χ1) is 6.50. The van der Waals surface area contributed by atoms with Crippen LogP contribution >= 0.6 is 0 Å². The molecule has 0 spiro atoms. The van der Waals surface area contributed by atoms with Gasteiger partial charge in [-0.15, -0.1) is 0 Å². The fraction of sp³-hybridized carbons (Fsp3) is 0.300. The second kappa shape index (κ2) is 4.17.